The SMILES string of the molecule is CCOc1ccc(C2C(C(=O)/C=C/c3ccccc3)=C(O)C(=O)N2c2nc(C)c(C(=O)OC)s2)cc1. The van der Waals surface area contributed by atoms with Crippen LogP contribution in [0, 0.1) is 6.92 Å². The number of hydrogen-bond donors (Lipinski definition) is 1. The van der Waals surface area contributed by atoms with Gasteiger partial charge in [-0.3, -0.25) is 14.5 Å². The Labute approximate surface area is 212 Å². The molecule has 184 valence electrons. The van der Waals surface area contributed by atoms with E-state index in [0.717, 1.165) is 16.9 Å². The Bertz CT molecular complexity index is 1360. The number of aromatic nitrogens is 1. The second-order valence-corrected chi connectivity index (χ2v) is 8.83. The van der Waals surface area contributed by atoms with E-state index in [0.29, 0.717) is 23.6 Å². The number of methoxy groups -OCH3 is 1. The smallest absolute Gasteiger partial charge is 0.350 e. The molecular weight excluding hydrogens is 480 g/mol. The molecule has 0 aliphatic carbocycles. The number of benzene rings is 2. The summed E-state index contributed by atoms with van der Waals surface area (Å²) in [6.07, 6.45) is 2.94. The first-order valence-corrected chi connectivity index (χ1v) is 12.0. The predicted molar refractivity (Wildman–Crippen MR) is 136 cm³/mol. The number of nitrogens with zero attached hydrogens (tertiary/aromatic N) is 2. The van der Waals surface area contributed by atoms with Crippen molar-refractivity contribution in [3.05, 3.63) is 93.7 Å². The number of anilines is 1. The van der Waals surface area contributed by atoms with Crippen LogP contribution in [0.3, 0.4) is 0 Å². The van der Waals surface area contributed by atoms with Crippen LogP contribution in [0.1, 0.15) is 39.5 Å². The predicted octanol–water partition coefficient (Wildman–Crippen LogP) is 4.82. The maximum absolute atomic E-state index is 13.3. The van der Waals surface area contributed by atoms with Crippen LogP contribution in [0.15, 0.2) is 72.0 Å². The van der Waals surface area contributed by atoms with E-state index in [1.54, 1.807) is 37.3 Å². The molecule has 1 aliphatic rings. The van der Waals surface area contributed by atoms with E-state index >= 15 is 0 Å². The molecule has 0 spiro atoms. The minimum absolute atomic E-state index is 0.0798. The third-order valence-electron chi connectivity index (χ3n) is 5.57. The number of rotatable bonds is 8. The minimum Gasteiger partial charge on any atom is -0.503 e. The number of carbonyl (C=O) groups is 3. The zero-order valence-corrected chi connectivity index (χ0v) is 20.7. The molecule has 1 N–H and O–H groups in total. The van der Waals surface area contributed by atoms with Crippen LogP contribution < -0.4 is 9.64 Å². The largest absolute Gasteiger partial charge is 0.503 e. The van der Waals surface area contributed by atoms with Crippen molar-refractivity contribution in [2.75, 3.05) is 18.6 Å². The van der Waals surface area contributed by atoms with Crippen molar-refractivity contribution < 1.29 is 29.0 Å². The highest BCUT2D eigenvalue weighted by Crippen LogP contribution is 2.43. The number of esters is 1. The molecule has 2 heterocycles. The molecule has 1 aliphatic heterocycles. The lowest BCUT2D eigenvalue weighted by molar-refractivity contribution is -0.117. The van der Waals surface area contributed by atoms with Gasteiger partial charge in [-0.2, -0.15) is 0 Å². The summed E-state index contributed by atoms with van der Waals surface area (Å²) in [4.78, 5) is 44.6. The average molecular weight is 505 g/mol. The number of hydrogen-bond acceptors (Lipinski definition) is 8. The number of carbonyl (C=O) groups excluding carboxylic acids is 3. The number of amides is 1. The molecule has 1 amide bonds. The maximum atomic E-state index is 13.3. The number of aliphatic hydroxyl groups is 1. The van der Waals surface area contributed by atoms with E-state index in [2.05, 4.69) is 4.98 Å². The molecule has 9 heteroatoms. The Morgan fingerprint density at radius 1 is 1.14 bits per heavy atom. The Morgan fingerprint density at radius 3 is 2.47 bits per heavy atom. The van der Waals surface area contributed by atoms with Gasteiger partial charge in [-0.05, 0) is 43.2 Å². The number of ketones is 1. The monoisotopic (exact) mass is 504 g/mol. The lowest BCUT2D eigenvalue weighted by Gasteiger charge is -2.24. The lowest BCUT2D eigenvalue weighted by Crippen LogP contribution is -2.30. The van der Waals surface area contributed by atoms with Gasteiger partial charge in [0.15, 0.2) is 16.7 Å². The van der Waals surface area contributed by atoms with Gasteiger partial charge < -0.3 is 14.6 Å². The quantitative estimate of drug-likeness (QED) is 0.346. The van der Waals surface area contributed by atoms with Crippen LogP contribution in [0.5, 0.6) is 5.75 Å². The molecule has 1 atom stereocenters. The molecule has 4 rings (SSSR count). The van der Waals surface area contributed by atoms with Crippen molar-refractivity contribution >= 4 is 40.2 Å². The van der Waals surface area contributed by atoms with Crippen molar-refractivity contribution in [2.45, 2.75) is 19.9 Å². The van der Waals surface area contributed by atoms with E-state index in [9.17, 15) is 19.5 Å². The highest BCUT2D eigenvalue weighted by Gasteiger charge is 2.45. The second-order valence-electron chi connectivity index (χ2n) is 7.85. The number of ether oxygens (including phenoxy) is 2. The van der Waals surface area contributed by atoms with Gasteiger partial charge in [0.2, 0.25) is 0 Å². The molecule has 0 radical (unpaired) electrons. The zero-order valence-electron chi connectivity index (χ0n) is 19.9. The average Bonchev–Trinajstić information content (AvgIpc) is 3.40. The molecule has 1 aromatic heterocycles. The number of allylic oxidation sites excluding steroid dienone is 1. The van der Waals surface area contributed by atoms with Crippen LogP contribution in [-0.2, 0) is 14.3 Å². The van der Waals surface area contributed by atoms with Crippen molar-refractivity contribution in [1.82, 2.24) is 4.98 Å². The highest BCUT2D eigenvalue weighted by molar-refractivity contribution is 7.17. The van der Waals surface area contributed by atoms with E-state index in [-0.39, 0.29) is 15.6 Å². The van der Waals surface area contributed by atoms with Gasteiger partial charge in [0.1, 0.15) is 10.6 Å². The van der Waals surface area contributed by atoms with Crippen LogP contribution in [0.4, 0.5) is 5.13 Å². The summed E-state index contributed by atoms with van der Waals surface area (Å²) in [6.45, 7) is 3.98. The van der Waals surface area contributed by atoms with Gasteiger partial charge in [-0.1, -0.05) is 59.9 Å². The summed E-state index contributed by atoms with van der Waals surface area (Å²) < 4.78 is 10.3. The summed E-state index contributed by atoms with van der Waals surface area (Å²) in [5.41, 5.74) is 1.66. The molecule has 0 saturated carbocycles. The van der Waals surface area contributed by atoms with Crippen LogP contribution in [0.2, 0.25) is 0 Å². The molecule has 2 aromatic carbocycles. The molecule has 8 nitrogen and oxygen atoms in total. The Morgan fingerprint density at radius 2 is 1.83 bits per heavy atom. The molecule has 36 heavy (non-hydrogen) atoms. The fraction of sp³-hybridized carbons (Fsp3) is 0.185. The highest BCUT2D eigenvalue weighted by atomic mass is 32.1. The van der Waals surface area contributed by atoms with Gasteiger partial charge in [0.25, 0.3) is 5.91 Å². The van der Waals surface area contributed by atoms with Gasteiger partial charge >= 0.3 is 5.97 Å². The summed E-state index contributed by atoms with van der Waals surface area (Å²) in [7, 11) is 1.26. The maximum Gasteiger partial charge on any atom is 0.350 e. The first-order valence-electron chi connectivity index (χ1n) is 11.2. The minimum atomic E-state index is -0.961. The fourth-order valence-corrected chi connectivity index (χ4v) is 4.89. The summed E-state index contributed by atoms with van der Waals surface area (Å²) in [5.74, 6) is -1.92. The number of thiazole rings is 1. The topological polar surface area (TPSA) is 106 Å². The van der Waals surface area contributed by atoms with E-state index < -0.39 is 29.5 Å². The summed E-state index contributed by atoms with van der Waals surface area (Å²) in [6, 6.07) is 15.2. The van der Waals surface area contributed by atoms with Crippen molar-refractivity contribution in [2.24, 2.45) is 0 Å². The molecular formula is C27H24N2O6S. The fourth-order valence-electron chi connectivity index (χ4n) is 3.88. The lowest BCUT2D eigenvalue weighted by atomic mass is 9.95. The molecule has 1 unspecified atom stereocenters. The molecule has 0 bridgehead atoms. The van der Waals surface area contributed by atoms with Crippen molar-refractivity contribution in [3.8, 4) is 5.75 Å². The Hall–Kier alpha value is -4.24. The van der Waals surface area contributed by atoms with Gasteiger partial charge in [0, 0.05) is 0 Å². The van der Waals surface area contributed by atoms with E-state index in [1.807, 2.05) is 37.3 Å². The third-order valence-corrected chi connectivity index (χ3v) is 6.71. The molecule has 0 saturated heterocycles. The van der Waals surface area contributed by atoms with Crippen LogP contribution in [-0.4, -0.2) is 41.5 Å². The molecule has 3 aromatic rings. The van der Waals surface area contributed by atoms with Crippen molar-refractivity contribution in [3.63, 3.8) is 0 Å². The van der Waals surface area contributed by atoms with Gasteiger partial charge in [-0.15, -0.1) is 0 Å². The van der Waals surface area contributed by atoms with E-state index in [1.165, 1.54) is 18.1 Å². The number of aliphatic hydroxyl groups excluding tert-OH is 1. The number of aryl methyl sites for hydroxylation is 1. The van der Waals surface area contributed by atoms with Gasteiger partial charge in [-0.25, -0.2) is 9.78 Å². The first-order chi connectivity index (χ1) is 17.3. The normalized spacial score (nSPS) is 15.6. The summed E-state index contributed by atoms with van der Waals surface area (Å²) >= 11 is 0.957. The van der Waals surface area contributed by atoms with Gasteiger partial charge in [0.05, 0.1) is 31.0 Å². The Balaban J connectivity index is 1.79. The van der Waals surface area contributed by atoms with E-state index in [4.69, 9.17) is 9.47 Å². The Kier molecular flexibility index (Phi) is 7.30. The van der Waals surface area contributed by atoms with Crippen LogP contribution >= 0.6 is 11.3 Å². The zero-order chi connectivity index (χ0) is 25.8. The second kappa shape index (κ2) is 10.6. The standard InChI is InChI=1S/C27H24N2O6S/c1-4-35-19-13-11-18(12-14-19)22-21(20(30)15-10-17-8-6-5-7-9-17)23(31)25(32)29(22)27-28-16(2)24(36-27)26(33)34-3/h5-15,22,31H,4H2,1-3H3/b15-10+. The van der Waals surface area contributed by atoms with Crippen molar-refractivity contribution in [1.29, 1.82) is 0 Å². The third kappa shape index (κ3) is 4.78. The molecule has 0 fully saturated rings. The first kappa shape index (κ1) is 24.9. The summed E-state index contributed by atoms with van der Waals surface area (Å²) in [5, 5.41) is 11.0. The van der Waals surface area contributed by atoms with Crippen LogP contribution in [0.25, 0.3) is 6.08 Å².